The van der Waals surface area contributed by atoms with Gasteiger partial charge in [0.05, 0.1) is 5.56 Å². The molecule has 1 amide bonds. The summed E-state index contributed by atoms with van der Waals surface area (Å²) in [6.07, 6.45) is 0. The maximum Gasteiger partial charge on any atom is 0.252 e. The van der Waals surface area contributed by atoms with Crippen LogP contribution in [-0.4, -0.2) is 24.7 Å². The maximum absolute atomic E-state index is 11.5. The minimum atomic E-state index is -0.207. The SMILES string of the molecule is CNC(=O)c1cc(C)ccc1C#CCO. The van der Waals surface area contributed by atoms with Crippen LogP contribution in [0.1, 0.15) is 21.5 Å². The standard InChI is InChI=1S/C12H13NO2/c1-9-5-6-10(4-3-7-14)11(8-9)12(15)13-2/h5-6,8,14H,7H2,1-2H3,(H,13,15). The second-order valence-electron chi connectivity index (χ2n) is 3.09. The minimum Gasteiger partial charge on any atom is -0.384 e. The van der Waals surface area contributed by atoms with Gasteiger partial charge in [0.25, 0.3) is 5.91 Å². The maximum atomic E-state index is 11.5. The molecule has 1 rings (SSSR count). The topological polar surface area (TPSA) is 49.3 Å². The number of amides is 1. The highest BCUT2D eigenvalue weighted by molar-refractivity contribution is 5.96. The lowest BCUT2D eigenvalue weighted by molar-refractivity contribution is 0.0963. The van der Waals surface area contributed by atoms with Gasteiger partial charge in [-0.2, -0.15) is 0 Å². The second kappa shape index (κ2) is 5.18. The Labute approximate surface area is 89.1 Å². The fourth-order valence-electron chi connectivity index (χ4n) is 1.22. The summed E-state index contributed by atoms with van der Waals surface area (Å²) >= 11 is 0. The fourth-order valence-corrected chi connectivity index (χ4v) is 1.22. The number of carbonyl (C=O) groups excluding carboxylic acids is 1. The third-order valence-corrected chi connectivity index (χ3v) is 1.95. The van der Waals surface area contributed by atoms with Crippen LogP contribution in [0.15, 0.2) is 18.2 Å². The Morgan fingerprint density at radius 2 is 2.27 bits per heavy atom. The number of hydrogen-bond donors (Lipinski definition) is 2. The lowest BCUT2D eigenvalue weighted by Gasteiger charge is -2.04. The van der Waals surface area contributed by atoms with Crippen LogP contribution in [0.3, 0.4) is 0 Å². The summed E-state index contributed by atoms with van der Waals surface area (Å²) < 4.78 is 0. The zero-order chi connectivity index (χ0) is 11.3. The summed E-state index contributed by atoms with van der Waals surface area (Å²) in [7, 11) is 1.58. The molecule has 78 valence electrons. The first-order chi connectivity index (χ1) is 7.19. The molecule has 1 aromatic carbocycles. The largest absolute Gasteiger partial charge is 0.384 e. The van der Waals surface area contributed by atoms with Crippen molar-refractivity contribution in [1.82, 2.24) is 5.32 Å². The van der Waals surface area contributed by atoms with Gasteiger partial charge in [-0.1, -0.05) is 23.5 Å². The smallest absolute Gasteiger partial charge is 0.252 e. The molecule has 0 aliphatic carbocycles. The number of aliphatic hydroxyl groups excluding tert-OH is 1. The van der Waals surface area contributed by atoms with E-state index in [0.29, 0.717) is 11.1 Å². The molecule has 0 bridgehead atoms. The van der Waals surface area contributed by atoms with Crippen LogP contribution in [0, 0.1) is 18.8 Å². The van der Waals surface area contributed by atoms with Gasteiger partial charge in [-0.25, -0.2) is 0 Å². The number of aryl methyl sites for hydroxylation is 1. The van der Waals surface area contributed by atoms with E-state index >= 15 is 0 Å². The predicted octanol–water partition coefficient (Wildman–Crippen LogP) is 0.698. The molecule has 0 unspecified atom stereocenters. The molecule has 0 aromatic heterocycles. The van der Waals surface area contributed by atoms with Gasteiger partial charge in [0.15, 0.2) is 0 Å². The first-order valence-electron chi connectivity index (χ1n) is 4.61. The Kier molecular flexibility index (Phi) is 3.90. The molecule has 15 heavy (non-hydrogen) atoms. The van der Waals surface area contributed by atoms with E-state index in [-0.39, 0.29) is 12.5 Å². The number of hydrogen-bond acceptors (Lipinski definition) is 2. The van der Waals surface area contributed by atoms with E-state index in [1.807, 2.05) is 13.0 Å². The second-order valence-corrected chi connectivity index (χ2v) is 3.09. The molecule has 0 fully saturated rings. The molecule has 0 saturated heterocycles. The Hall–Kier alpha value is -1.79. The van der Waals surface area contributed by atoms with E-state index in [1.165, 1.54) is 0 Å². The van der Waals surface area contributed by atoms with Crippen LogP contribution in [-0.2, 0) is 0 Å². The normalized spacial score (nSPS) is 9.00. The lowest BCUT2D eigenvalue weighted by atomic mass is 10.0. The quantitative estimate of drug-likeness (QED) is 0.660. The van der Waals surface area contributed by atoms with Crippen LogP contribution in [0.25, 0.3) is 0 Å². The molecule has 0 saturated carbocycles. The first-order valence-corrected chi connectivity index (χ1v) is 4.61. The van der Waals surface area contributed by atoms with Gasteiger partial charge in [0, 0.05) is 12.6 Å². The van der Waals surface area contributed by atoms with Gasteiger partial charge < -0.3 is 10.4 Å². The average molecular weight is 203 g/mol. The van der Waals surface area contributed by atoms with Gasteiger partial charge in [-0.15, -0.1) is 0 Å². The van der Waals surface area contributed by atoms with Crippen LogP contribution < -0.4 is 5.32 Å². The summed E-state index contributed by atoms with van der Waals surface area (Å²) in [6.45, 7) is 1.71. The Bertz CT molecular complexity index is 427. The third-order valence-electron chi connectivity index (χ3n) is 1.95. The summed E-state index contributed by atoms with van der Waals surface area (Å²) in [5.41, 5.74) is 2.18. The molecule has 2 N–H and O–H groups in total. The number of benzene rings is 1. The monoisotopic (exact) mass is 203 g/mol. The lowest BCUT2D eigenvalue weighted by Crippen LogP contribution is -2.19. The van der Waals surface area contributed by atoms with Crippen molar-refractivity contribution in [2.75, 3.05) is 13.7 Å². The minimum absolute atomic E-state index is 0.166. The average Bonchev–Trinajstić information content (AvgIpc) is 2.26. The third kappa shape index (κ3) is 2.83. The Balaban J connectivity index is 3.20. The van der Waals surface area contributed by atoms with Gasteiger partial charge in [0.1, 0.15) is 6.61 Å². The molecule has 0 aliphatic heterocycles. The predicted molar refractivity (Wildman–Crippen MR) is 58.5 cm³/mol. The van der Waals surface area contributed by atoms with Gasteiger partial charge >= 0.3 is 0 Å². The summed E-state index contributed by atoms with van der Waals surface area (Å²) in [5.74, 6) is 5.11. The highest BCUT2D eigenvalue weighted by Crippen LogP contribution is 2.10. The van der Waals surface area contributed by atoms with Crippen molar-refractivity contribution >= 4 is 5.91 Å². The zero-order valence-corrected chi connectivity index (χ0v) is 8.79. The van der Waals surface area contributed by atoms with Crippen molar-refractivity contribution in [2.24, 2.45) is 0 Å². The Morgan fingerprint density at radius 3 is 2.87 bits per heavy atom. The molecule has 0 heterocycles. The summed E-state index contributed by atoms with van der Waals surface area (Å²) in [4.78, 5) is 11.5. The molecule has 0 aliphatic rings. The van der Waals surface area contributed by atoms with E-state index in [2.05, 4.69) is 17.2 Å². The molecule has 0 radical (unpaired) electrons. The van der Waals surface area contributed by atoms with Crippen LogP contribution in [0.4, 0.5) is 0 Å². The Morgan fingerprint density at radius 1 is 1.53 bits per heavy atom. The highest BCUT2D eigenvalue weighted by Gasteiger charge is 2.07. The molecule has 3 heteroatoms. The van der Waals surface area contributed by atoms with E-state index < -0.39 is 0 Å². The van der Waals surface area contributed by atoms with E-state index in [9.17, 15) is 4.79 Å². The van der Waals surface area contributed by atoms with Crippen molar-refractivity contribution in [2.45, 2.75) is 6.92 Å². The van der Waals surface area contributed by atoms with Gasteiger partial charge in [0.2, 0.25) is 0 Å². The molecule has 0 atom stereocenters. The molecular weight excluding hydrogens is 190 g/mol. The van der Waals surface area contributed by atoms with Gasteiger partial charge in [-0.05, 0) is 19.1 Å². The van der Waals surface area contributed by atoms with Crippen molar-refractivity contribution in [3.63, 3.8) is 0 Å². The van der Waals surface area contributed by atoms with E-state index in [0.717, 1.165) is 5.56 Å². The summed E-state index contributed by atoms with van der Waals surface area (Å²) in [5, 5.41) is 11.2. The molecular formula is C12H13NO2. The molecule has 3 nitrogen and oxygen atoms in total. The van der Waals surface area contributed by atoms with Crippen molar-refractivity contribution < 1.29 is 9.90 Å². The van der Waals surface area contributed by atoms with Crippen LogP contribution in [0.5, 0.6) is 0 Å². The van der Waals surface area contributed by atoms with Crippen molar-refractivity contribution in [3.05, 3.63) is 34.9 Å². The van der Waals surface area contributed by atoms with Crippen molar-refractivity contribution in [1.29, 1.82) is 0 Å². The van der Waals surface area contributed by atoms with Crippen molar-refractivity contribution in [3.8, 4) is 11.8 Å². The van der Waals surface area contributed by atoms with Crippen LogP contribution >= 0.6 is 0 Å². The molecule has 1 aromatic rings. The first kappa shape index (κ1) is 11.3. The zero-order valence-electron chi connectivity index (χ0n) is 8.79. The number of rotatable bonds is 1. The highest BCUT2D eigenvalue weighted by atomic mass is 16.2. The van der Waals surface area contributed by atoms with E-state index in [4.69, 9.17) is 5.11 Å². The number of carbonyl (C=O) groups is 1. The molecule has 0 spiro atoms. The number of nitrogens with one attached hydrogen (secondary N) is 1. The number of aliphatic hydroxyl groups is 1. The summed E-state index contributed by atoms with van der Waals surface area (Å²) in [6, 6.07) is 5.44. The van der Waals surface area contributed by atoms with E-state index in [1.54, 1.807) is 19.2 Å². The fraction of sp³-hybridized carbons (Fsp3) is 0.250. The van der Waals surface area contributed by atoms with Gasteiger partial charge in [-0.3, -0.25) is 4.79 Å². The van der Waals surface area contributed by atoms with Crippen LogP contribution in [0.2, 0.25) is 0 Å².